The first kappa shape index (κ1) is 17.0. The molecular weight excluding hydrogens is 330 g/mol. The molecule has 0 radical (unpaired) electrons. The van der Waals surface area contributed by atoms with Gasteiger partial charge in [0.1, 0.15) is 0 Å². The standard InChI is InChI=1S/C16H28BrN3O/c1-11-6-8-16(9-7-11,19(3)4)14(21)10-13-15(17)12(2)18-20(13)5/h11,14,21H,6-10H2,1-5H3. The third-order valence-electron chi connectivity index (χ3n) is 5.30. The molecular formula is C16H28BrN3O. The first-order chi connectivity index (χ1) is 9.78. The van der Waals surface area contributed by atoms with E-state index in [-0.39, 0.29) is 11.6 Å². The van der Waals surface area contributed by atoms with Gasteiger partial charge in [0.25, 0.3) is 0 Å². The average Bonchev–Trinajstić information content (AvgIpc) is 2.66. The molecule has 2 rings (SSSR count). The largest absolute Gasteiger partial charge is 0.391 e. The summed E-state index contributed by atoms with van der Waals surface area (Å²) in [6, 6.07) is 0. The molecule has 1 fully saturated rings. The summed E-state index contributed by atoms with van der Waals surface area (Å²) in [5.74, 6) is 0.774. The van der Waals surface area contributed by atoms with Crippen molar-refractivity contribution in [3.8, 4) is 0 Å². The van der Waals surface area contributed by atoms with Crippen LogP contribution in [0, 0.1) is 12.8 Å². The Labute approximate surface area is 136 Å². The summed E-state index contributed by atoms with van der Waals surface area (Å²) >= 11 is 3.61. The molecule has 1 aliphatic rings. The fourth-order valence-corrected chi connectivity index (χ4v) is 4.11. The van der Waals surface area contributed by atoms with Gasteiger partial charge in [-0.25, -0.2) is 0 Å². The van der Waals surface area contributed by atoms with Gasteiger partial charge in [-0.3, -0.25) is 4.68 Å². The van der Waals surface area contributed by atoms with Crippen LogP contribution in [0.2, 0.25) is 0 Å². The van der Waals surface area contributed by atoms with Crippen molar-refractivity contribution >= 4 is 15.9 Å². The third kappa shape index (κ3) is 3.20. The Morgan fingerprint density at radius 2 is 2.00 bits per heavy atom. The Balaban J connectivity index is 2.21. The zero-order valence-corrected chi connectivity index (χ0v) is 15.4. The van der Waals surface area contributed by atoms with E-state index in [9.17, 15) is 5.11 Å². The van der Waals surface area contributed by atoms with Crippen LogP contribution >= 0.6 is 15.9 Å². The zero-order chi connectivity index (χ0) is 15.8. The van der Waals surface area contributed by atoms with E-state index < -0.39 is 0 Å². The summed E-state index contributed by atoms with van der Waals surface area (Å²) in [7, 11) is 6.15. The molecule has 1 N–H and O–H groups in total. The van der Waals surface area contributed by atoms with Gasteiger partial charge in [-0.2, -0.15) is 5.10 Å². The Hall–Kier alpha value is -0.390. The minimum atomic E-state index is -0.369. The molecule has 120 valence electrons. The van der Waals surface area contributed by atoms with E-state index in [4.69, 9.17) is 0 Å². The highest BCUT2D eigenvalue weighted by Gasteiger charge is 2.42. The monoisotopic (exact) mass is 357 g/mol. The molecule has 0 amide bonds. The van der Waals surface area contributed by atoms with Crippen molar-refractivity contribution in [2.45, 2.75) is 57.6 Å². The molecule has 0 saturated heterocycles. The number of likely N-dealkylation sites (N-methyl/N-ethyl adjacent to an activating group) is 1. The average molecular weight is 358 g/mol. The number of aryl methyl sites for hydroxylation is 2. The molecule has 1 atom stereocenters. The topological polar surface area (TPSA) is 41.3 Å². The quantitative estimate of drug-likeness (QED) is 0.900. The zero-order valence-electron chi connectivity index (χ0n) is 13.9. The van der Waals surface area contributed by atoms with Gasteiger partial charge in [0.2, 0.25) is 0 Å². The highest BCUT2D eigenvalue weighted by Crippen LogP contribution is 2.39. The highest BCUT2D eigenvalue weighted by atomic mass is 79.9. The number of nitrogens with zero attached hydrogens (tertiary/aromatic N) is 3. The van der Waals surface area contributed by atoms with Gasteiger partial charge in [0.05, 0.1) is 22.0 Å². The van der Waals surface area contributed by atoms with E-state index >= 15 is 0 Å². The molecule has 5 heteroatoms. The van der Waals surface area contributed by atoms with Crippen LogP contribution in [0.25, 0.3) is 0 Å². The van der Waals surface area contributed by atoms with Gasteiger partial charge in [-0.1, -0.05) is 6.92 Å². The second kappa shape index (κ2) is 6.39. The minimum absolute atomic E-state index is 0.107. The molecule has 1 saturated carbocycles. The predicted molar refractivity (Wildman–Crippen MR) is 89.4 cm³/mol. The normalized spacial score (nSPS) is 28.1. The van der Waals surface area contributed by atoms with Crippen molar-refractivity contribution in [3.05, 3.63) is 15.9 Å². The molecule has 4 nitrogen and oxygen atoms in total. The summed E-state index contributed by atoms with van der Waals surface area (Å²) in [4.78, 5) is 2.24. The maximum atomic E-state index is 11.0. The van der Waals surface area contributed by atoms with Crippen LogP contribution in [0.5, 0.6) is 0 Å². The summed E-state index contributed by atoms with van der Waals surface area (Å²) in [5.41, 5.74) is 1.96. The van der Waals surface area contributed by atoms with Crippen LogP contribution in [0.1, 0.15) is 44.0 Å². The molecule has 1 aromatic heterocycles. The van der Waals surface area contributed by atoms with E-state index in [2.05, 4.69) is 46.9 Å². The smallest absolute Gasteiger partial charge is 0.0779 e. The Morgan fingerprint density at radius 3 is 2.43 bits per heavy atom. The number of aliphatic hydroxyl groups is 1. The van der Waals surface area contributed by atoms with E-state index in [0.717, 1.165) is 34.6 Å². The number of halogens is 1. The SMILES string of the molecule is Cc1nn(C)c(CC(O)C2(N(C)C)CCC(C)CC2)c1Br. The summed E-state index contributed by atoms with van der Waals surface area (Å²) in [5, 5.41) is 15.4. The van der Waals surface area contributed by atoms with Crippen LogP contribution in [-0.2, 0) is 13.5 Å². The van der Waals surface area contributed by atoms with E-state index in [1.165, 1.54) is 12.8 Å². The van der Waals surface area contributed by atoms with Crippen LogP contribution < -0.4 is 0 Å². The van der Waals surface area contributed by atoms with Crippen molar-refractivity contribution in [3.63, 3.8) is 0 Å². The molecule has 0 bridgehead atoms. The van der Waals surface area contributed by atoms with E-state index in [0.29, 0.717) is 6.42 Å². The lowest BCUT2D eigenvalue weighted by Gasteiger charge is -2.47. The second-order valence-electron chi connectivity index (χ2n) is 6.87. The molecule has 1 aromatic rings. The van der Waals surface area contributed by atoms with Gasteiger partial charge < -0.3 is 10.0 Å². The lowest BCUT2D eigenvalue weighted by atomic mass is 9.72. The summed E-state index contributed by atoms with van der Waals surface area (Å²) < 4.78 is 2.92. The molecule has 21 heavy (non-hydrogen) atoms. The first-order valence-corrected chi connectivity index (χ1v) is 8.60. The molecule has 0 aromatic carbocycles. The highest BCUT2D eigenvalue weighted by molar-refractivity contribution is 9.10. The van der Waals surface area contributed by atoms with Gasteiger partial charge >= 0.3 is 0 Å². The second-order valence-corrected chi connectivity index (χ2v) is 7.66. The molecule has 0 aliphatic heterocycles. The number of rotatable bonds is 4. The van der Waals surface area contributed by atoms with Crippen molar-refractivity contribution in [2.24, 2.45) is 13.0 Å². The maximum Gasteiger partial charge on any atom is 0.0779 e. The van der Waals surface area contributed by atoms with Gasteiger partial charge in [-0.15, -0.1) is 0 Å². The Kier molecular flexibility index (Phi) is 5.16. The summed E-state index contributed by atoms with van der Waals surface area (Å²) in [6.07, 6.45) is 4.80. The van der Waals surface area contributed by atoms with E-state index in [1.807, 2.05) is 18.7 Å². The number of hydrogen-bond acceptors (Lipinski definition) is 3. The maximum absolute atomic E-state index is 11.0. The fourth-order valence-electron chi connectivity index (χ4n) is 3.62. The van der Waals surface area contributed by atoms with Crippen molar-refractivity contribution in [1.29, 1.82) is 0 Å². The lowest BCUT2D eigenvalue weighted by Crippen LogP contribution is -2.56. The van der Waals surface area contributed by atoms with Crippen molar-refractivity contribution < 1.29 is 5.11 Å². The molecule has 1 unspecified atom stereocenters. The van der Waals surface area contributed by atoms with Crippen LogP contribution in [0.3, 0.4) is 0 Å². The predicted octanol–water partition coefficient (Wildman–Crippen LogP) is 2.90. The molecule has 1 heterocycles. The van der Waals surface area contributed by atoms with Crippen molar-refractivity contribution in [1.82, 2.24) is 14.7 Å². The van der Waals surface area contributed by atoms with Gasteiger partial charge in [-0.05, 0) is 68.6 Å². The Bertz CT molecular complexity index is 490. The molecule has 0 spiro atoms. The third-order valence-corrected chi connectivity index (χ3v) is 6.33. The number of hydrogen-bond donors (Lipinski definition) is 1. The molecule has 1 aliphatic carbocycles. The number of aliphatic hydroxyl groups excluding tert-OH is 1. The lowest BCUT2D eigenvalue weighted by molar-refractivity contribution is -0.0390. The van der Waals surface area contributed by atoms with Crippen LogP contribution in [0.15, 0.2) is 4.47 Å². The number of aromatic nitrogens is 2. The van der Waals surface area contributed by atoms with Gasteiger partial charge in [0.15, 0.2) is 0 Å². The van der Waals surface area contributed by atoms with Crippen LogP contribution in [-0.4, -0.2) is 45.5 Å². The fraction of sp³-hybridized carbons (Fsp3) is 0.812. The van der Waals surface area contributed by atoms with Gasteiger partial charge in [0, 0.05) is 19.0 Å². The van der Waals surface area contributed by atoms with Crippen LogP contribution in [0.4, 0.5) is 0 Å². The first-order valence-electron chi connectivity index (χ1n) is 7.81. The minimum Gasteiger partial charge on any atom is -0.391 e. The van der Waals surface area contributed by atoms with E-state index in [1.54, 1.807) is 0 Å². The van der Waals surface area contributed by atoms with Crippen molar-refractivity contribution in [2.75, 3.05) is 14.1 Å². The Morgan fingerprint density at radius 1 is 1.43 bits per heavy atom. The summed E-state index contributed by atoms with van der Waals surface area (Å²) in [6.45, 7) is 4.30.